The zero-order valence-corrected chi connectivity index (χ0v) is 26.8. The number of carboxylic acid groups (broad SMARTS) is 1. The Morgan fingerprint density at radius 1 is 0.915 bits per heavy atom. The lowest BCUT2D eigenvalue weighted by molar-refractivity contribution is -0.158. The second-order valence-electron chi connectivity index (χ2n) is 12.7. The Balaban J connectivity index is 1.03. The van der Waals surface area contributed by atoms with Gasteiger partial charge < -0.3 is 38.8 Å². The van der Waals surface area contributed by atoms with Crippen LogP contribution in [0.4, 0.5) is 15.8 Å². The number of benzene rings is 3. The van der Waals surface area contributed by atoms with Gasteiger partial charge in [-0.05, 0) is 37.1 Å². The van der Waals surface area contributed by atoms with Gasteiger partial charge in [-0.25, -0.2) is 9.18 Å². The molecule has 0 aliphatic carbocycles. The first-order valence-electron chi connectivity index (χ1n) is 15.7. The molecule has 2 bridgehead atoms. The normalized spacial score (nSPS) is 22.4. The molecule has 10 nitrogen and oxygen atoms in total. The van der Waals surface area contributed by atoms with E-state index in [1.807, 2.05) is 6.07 Å². The molecule has 0 spiro atoms. The van der Waals surface area contributed by atoms with E-state index in [1.54, 1.807) is 30.3 Å². The van der Waals surface area contributed by atoms with E-state index in [0.717, 1.165) is 24.6 Å². The van der Waals surface area contributed by atoms with Crippen molar-refractivity contribution in [3.63, 3.8) is 0 Å². The Morgan fingerprint density at radius 3 is 2.28 bits per heavy atom. The minimum atomic E-state index is -1.19. The maximum absolute atomic E-state index is 15.7. The molecule has 0 saturated carbocycles. The van der Waals surface area contributed by atoms with Crippen molar-refractivity contribution in [2.24, 2.45) is 0 Å². The highest BCUT2D eigenvalue weighted by Crippen LogP contribution is 2.43. The van der Waals surface area contributed by atoms with Gasteiger partial charge in [0, 0.05) is 35.5 Å². The SMILES string of the molecule is O=C(O)c1cc(F)c(-c2cccc3c2OCN(C(=O)c2c(Cl)cc(N4CC(OC5COC5)C4)cc2Cl)C3)cc1N1C2CCC1COC2. The van der Waals surface area contributed by atoms with Crippen molar-refractivity contribution in [3.8, 4) is 16.9 Å². The van der Waals surface area contributed by atoms with Crippen LogP contribution in [0.2, 0.25) is 10.0 Å². The summed E-state index contributed by atoms with van der Waals surface area (Å²) in [6.07, 6.45) is 2.03. The summed E-state index contributed by atoms with van der Waals surface area (Å²) in [4.78, 5) is 31.6. The molecule has 1 amide bonds. The number of amides is 1. The van der Waals surface area contributed by atoms with E-state index in [4.69, 9.17) is 42.1 Å². The predicted molar refractivity (Wildman–Crippen MR) is 172 cm³/mol. The number of carbonyl (C=O) groups is 2. The predicted octanol–water partition coefficient (Wildman–Crippen LogP) is 5.46. The number of fused-ring (bicyclic) bond motifs is 3. The molecule has 3 aromatic carbocycles. The number of ether oxygens (including phenoxy) is 4. The molecule has 1 N–H and O–H groups in total. The average Bonchev–Trinajstić information content (AvgIpc) is 3.25. The second-order valence-corrected chi connectivity index (χ2v) is 13.5. The number of carboxylic acids is 1. The van der Waals surface area contributed by atoms with Crippen LogP contribution in [0, 0.1) is 5.82 Å². The number of rotatable bonds is 7. The van der Waals surface area contributed by atoms with Crippen LogP contribution in [0.25, 0.3) is 11.1 Å². The van der Waals surface area contributed by atoms with E-state index in [-0.39, 0.29) is 70.2 Å². The molecule has 3 aromatic rings. The van der Waals surface area contributed by atoms with Crippen molar-refractivity contribution < 1.29 is 38.0 Å². The summed E-state index contributed by atoms with van der Waals surface area (Å²) in [5, 5.41) is 10.4. The molecule has 47 heavy (non-hydrogen) atoms. The first-order valence-corrected chi connectivity index (χ1v) is 16.4. The van der Waals surface area contributed by atoms with Crippen molar-refractivity contribution >= 4 is 46.5 Å². The molecule has 4 saturated heterocycles. The quantitative estimate of drug-likeness (QED) is 0.348. The molecule has 0 radical (unpaired) electrons. The first-order chi connectivity index (χ1) is 22.7. The summed E-state index contributed by atoms with van der Waals surface area (Å²) in [7, 11) is 0. The Bertz CT molecular complexity index is 1730. The van der Waals surface area contributed by atoms with Gasteiger partial charge in [-0.1, -0.05) is 41.4 Å². The molecule has 246 valence electrons. The van der Waals surface area contributed by atoms with Crippen molar-refractivity contribution in [1.82, 2.24) is 4.90 Å². The van der Waals surface area contributed by atoms with Gasteiger partial charge >= 0.3 is 5.97 Å². The monoisotopic (exact) mass is 683 g/mol. The van der Waals surface area contributed by atoms with E-state index >= 15 is 4.39 Å². The van der Waals surface area contributed by atoms with Crippen LogP contribution in [0.1, 0.15) is 39.1 Å². The molecule has 2 atom stereocenters. The summed E-state index contributed by atoms with van der Waals surface area (Å²) in [6, 6.07) is 11.6. The van der Waals surface area contributed by atoms with Crippen LogP contribution < -0.4 is 14.5 Å². The van der Waals surface area contributed by atoms with Crippen molar-refractivity contribution in [2.75, 3.05) is 56.0 Å². The van der Waals surface area contributed by atoms with Crippen molar-refractivity contribution in [3.05, 3.63) is 75.0 Å². The fraction of sp³-hybridized carbons (Fsp3) is 0.412. The number of halogens is 3. The Labute approximate surface area is 280 Å². The number of aromatic carboxylic acids is 1. The molecule has 4 fully saturated rings. The van der Waals surface area contributed by atoms with E-state index in [1.165, 1.54) is 4.90 Å². The molecule has 2 unspecified atom stereocenters. The summed E-state index contributed by atoms with van der Waals surface area (Å²) in [5.41, 5.74) is 2.76. The van der Waals surface area contributed by atoms with Crippen LogP contribution in [0.15, 0.2) is 42.5 Å². The van der Waals surface area contributed by atoms with E-state index in [0.29, 0.717) is 62.1 Å². The van der Waals surface area contributed by atoms with Gasteiger partial charge in [-0.2, -0.15) is 0 Å². The van der Waals surface area contributed by atoms with Crippen molar-refractivity contribution in [2.45, 2.75) is 43.7 Å². The fourth-order valence-corrected chi connectivity index (χ4v) is 7.83. The number of para-hydroxylation sites is 1. The minimum absolute atomic E-state index is 0.0303. The number of anilines is 2. The maximum atomic E-state index is 15.7. The van der Waals surface area contributed by atoms with Gasteiger partial charge in [-0.3, -0.25) is 4.79 Å². The highest BCUT2D eigenvalue weighted by Gasteiger charge is 2.40. The lowest BCUT2D eigenvalue weighted by Gasteiger charge is -2.43. The molecule has 8 rings (SSSR count). The van der Waals surface area contributed by atoms with Gasteiger partial charge in [-0.15, -0.1) is 0 Å². The minimum Gasteiger partial charge on any atom is -0.478 e. The number of hydrogen-bond donors (Lipinski definition) is 1. The third-order valence-corrected chi connectivity index (χ3v) is 10.3. The van der Waals surface area contributed by atoms with Crippen LogP contribution in [0.5, 0.6) is 5.75 Å². The lowest BCUT2D eigenvalue weighted by Crippen LogP contribution is -2.55. The smallest absolute Gasteiger partial charge is 0.337 e. The summed E-state index contributed by atoms with van der Waals surface area (Å²) in [5.74, 6) is -1.81. The summed E-state index contributed by atoms with van der Waals surface area (Å²) < 4.78 is 38.6. The maximum Gasteiger partial charge on any atom is 0.337 e. The highest BCUT2D eigenvalue weighted by molar-refractivity contribution is 6.40. The van der Waals surface area contributed by atoms with Gasteiger partial charge in [0.1, 0.15) is 17.7 Å². The summed E-state index contributed by atoms with van der Waals surface area (Å²) >= 11 is 13.3. The molecule has 5 heterocycles. The molecular formula is C34H32Cl2FN3O7. The van der Waals surface area contributed by atoms with E-state index in [9.17, 15) is 14.7 Å². The van der Waals surface area contributed by atoms with Crippen LogP contribution in [-0.4, -0.2) is 92.4 Å². The molecule has 5 aliphatic rings. The van der Waals surface area contributed by atoms with E-state index in [2.05, 4.69) is 9.80 Å². The topological polar surface area (TPSA) is 101 Å². The van der Waals surface area contributed by atoms with Crippen molar-refractivity contribution in [1.29, 1.82) is 0 Å². The number of carbonyl (C=O) groups excluding carboxylic acids is 1. The third kappa shape index (κ3) is 5.47. The number of morpholine rings is 1. The second kappa shape index (κ2) is 12.1. The first kappa shape index (κ1) is 30.7. The standard InChI is InChI=1S/C34H32Cl2FN3O7/c35-27-6-21(38-11-22(12-38)47-23-15-45-16-23)7-28(36)31(27)33(41)39-10-18-2-1-3-24(32(18)46-17-39)25-9-30(26(34(42)43)8-29(25)37)40-19-4-5-20(40)14-44-13-19/h1-3,6-9,19-20,22-23H,4-5,10-17H2,(H,42,43). The van der Waals surface area contributed by atoms with Gasteiger partial charge in [0.2, 0.25) is 0 Å². The number of hydrogen-bond acceptors (Lipinski definition) is 8. The van der Waals surface area contributed by atoms with Gasteiger partial charge in [0.25, 0.3) is 5.91 Å². The highest BCUT2D eigenvalue weighted by atomic mass is 35.5. The van der Waals surface area contributed by atoms with E-state index < -0.39 is 11.8 Å². The molecule has 0 aromatic heterocycles. The molecular weight excluding hydrogens is 652 g/mol. The molecule has 13 heteroatoms. The Kier molecular flexibility index (Phi) is 7.92. The van der Waals surface area contributed by atoms with Crippen LogP contribution in [-0.2, 0) is 20.8 Å². The lowest BCUT2D eigenvalue weighted by atomic mass is 9.96. The fourth-order valence-electron chi connectivity index (χ4n) is 7.20. The molecule has 5 aliphatic heterocycles. The zero-order chi connectivity index (χ0) is 32.4. The zero-order valence-electron chi connectivity index (χ0n) is 25.3. The largest absolute Gasteiger partial charge is 0.478 e. The average molecular weight is 685 g/mol. The Morgan fingerprint density at radius 2 is 1.62 bits per heavy atom. The third-order valence-electron chi connectivity index (χ3n) is 9.68. The van der Waals surface area contributed by atoms with Crippen LogP contribution in [0.3, 0.4) is 0 Å². The summed E-state index contributed by atoms with van der Waals surface area (Å²) in [6.45, 7) is 3.72. The number of nitrogens with zero attached hydrogens (tertiary/aromatic N) is 3. The van der Waals surface area contributed by atoms with Crippen LogP contribution >= 0.6 is 23.2 Å². The Hall–Kier alpha value is -3.61. The van der Waals surface area contributed by atoms with Gasteiger partial charge in [0.05, 0.1) is 78.0 Å². The van der Waals surface area contributed by atoms with Gasteiger partial charge in [0.15, 0.2) is 6.73 Å².